The van der Waals surface area contributed by atoms with Crippen LogP contribution < -0.4 is 20.7 Å². The maximum absolute atomic E-state index is 11.2. The van der Waals surface area contributed by atoms with Gasteiger partial charge in [0.1, 0.15) is 5.75 Å². The van der Waals surface area contributed by atoms with E-state index in [4.69, 9.17) is 4.74 Å². The number of anilines is 1. The molecule has 164 valence electrons. The number of hydrogen-bond acceptors (Lipinski definition) is 3. The summed E-state index contributed by atoms with van der Waals surface area (Å²) in [4.78, 5) is 15.9. The number of nitrogens with zero attached hydrogens (tertiary/aromatic N) is 1. The topological polar surface area (TPSA) is 74.8 Å². The molecule has 6 nitrogen and oxygen atoms in total. The van der Waals surface area contributed by atoms with E-state index in [0.29, 0.717) is 12.5 Å². The van der Waals surface area contributed by atoms with Crippen LogP contribution in [0.15, 0.2) is 53.5 Å². The van der Waals surface area contributed by atoms with Crippen LogP contribution in [0.1, 0.15) is 44.2 Å². The molecule has 0 heterocycles. The summed E-state index contributed by atoms with van der Waals surface area (Å²) in [5, 5.41) is 9.49. The van der Waals surface area contributed by atoms with Gasteiger partial charge in [0.2, 0.25) is 5.91 Å². The van der Waals surface area contributed by atoms with Crippen LogP contribution in [0.5, 0.6) is 5.75 Å². The predicted molar refractivity (Wildman–Crippen MR) is 135 cm³/mol. The molecule has 0 fully saturated rings. The lowest BCUT2D eigenvalue weighted by atomic mass is 9.98. The third-order valence-electron chi connectivity index (χ3n) is 4.57. The summed E-state index contributed by atoms with van der Waals surface area (Å²) >= 11 is 0. The lowest BCUT2D eigenvalue weighted by Crippen LogP contribution is -2.38. The van der Waals surface area contributed by atoms with Crippen molar-refractivity contribution in [1.29, 1.82) is 0 Å². The van der Waals surface area contributed by atoms with Gasteiger partial charge in [-0.1, -0.05) is 31.2 Å². The zero-order valence-corrected chi connectivity index (χ0v) is 20.5. The number of carbonyl (C=O) groups excluding carboxylic acids is 1. The van der Waals surface area contributed by atoms with Crippen molar-refractivity contribution >= 4 is 41.5 Å². The average Bonchev–Trinajstić information content (AvgIpc) is 2.71. The second-order valence-corrected chi connectivity index (χ2v) is 6.97. The number of nitrogens with one attached hydrogen (secondary N) is 3. The smallest absolute Gasteiger partial charge is 0.221 e. The van der Waals surface area contributed by atoms with Crippen molar-refractivity contribution in [1.82, 2.24) is 10.6 Å². The number of benzene rings is 2. The SMILES string of the molecule is CCNC(=NCc1cccc(NC(C)=O)c1)NCCC(C)c1ccc(OC)cc1.I. The summed E-state index contributed by atoms with van der Waals surface area (Å²) < 4.78 is 5.22. The van der Waals surface area contributed by atoms with Gasteiger partial charge in [-0.05, 0) is 54.7 Å². The zero-order valence-electron chi connectivity index (χ0n) is 18.2. The van der Waals surface area contributed by atoms with E-state index in [0.717, 1.165) is 42.5 Å². The van der Waals surface area contributed by atoms with Gasteiger partial charge in [0.25, 0.3) is 0 Å². The first-order valence-corrected chi connectivity index (χ1v) is 10.0. The lowest BCUT2D eigenvalue weighted by Gasteiger charge is -2.15. The van der Waals surface area contributed by atoms with Crippen LogP contribution in [0.2, 0.25) is 0 Å². The standard InChI is InChI=1S/C23H32N4O2.HI/c1-5-24-23(26-16-19-7-6-8-21(15-19)27-18(3)28)25-14-13-17(2)20-9-11-22(29-4)12-10-20;/h6-12,15,17H,5,13-14,16H2,1-4H3,(H,27,28)(H2,24,25,26);1H. The molecule has 3 N–H and O–H groups in total. The van der Waals surface area contributed by atoms with Gasteiger partial charge in [-0.2, -0.15) is 0 Å². The largest absolute Gasteiger partial charge is 0.497 e. The molecule has 1 amide bonds. The number of ether oxygens (including phenoxy) is 1. The Morgan fingerprint density at radius 3 is 2.50 bits per heavy atom. The molecule has 0 aliphatic rings. The minimum atomic E-state index is -0.0772. The van der Waals surface area contributed by atoms with E-state index in [1.807, 2.05) is 36.4 Å². The van der Waals surface area contributed by atoms with E-state index < -0.39 is 0 Å². The number of guanidine groups is 1. The van der Waals surface area contributed by atoms with Crippen molar-refractivity contribution in [3.05, 3.63) is 59.7 Å². The number of rotatable bonds is 9. The van der Waals surface area contributed by atoms with Crippen molar-refractivity contribution in [3.8, 4) is 5.75 Å². The second kappa shape index (κ2) is 13.8. The molecule has 0 saturated carbocycles. The van der Waals surface area contributed by atoms with E-state index >= 15 is 0 Å². The molecule has 0 aliphatic carbocycles. The van der Waals surface area contributed by atoms with E-state index in [-0.39, 0.29) is 29.9 Å². The third-order valence-corrected chi connectivity index (χ3v) is 4.57. The molecular formula is C23H33IN4O2. The molecule has 1 atom stereocenters. The van der Waals surface area contributed by atoms with Crippen LogP contribution in [0, 0.1) is 0 Å². The van der Waals surface area contributed by atoms with Crippen LogP contribution in [-0.4, -0.2) is 32.1 Å². The molecule has 2 aromatic carbocycles. The van der Waals surface area contributed by atoms with Crippen molar-refractivity contribution in [2.75, 3.05) is 25.5 Å². The Kier molecular flexibility index (Phi) is 11.9. The Morgan fingerprint density at radius 2 is 1.87 bits per heavy atom. The maximum Gasteiger partial charge on any atom is 0.221 e. The predicted octanol–water partition coefficient (Wildman–Crippen LogP) is 4.52. The van der Waals surface area contributed by atoms with Crippen molar-refractivity contribution < 1.29 is 9.53 Å². The fourth-order valence-corrected chi connectivity index (χ4v) is 2.97. The van der Waals surface area contributed by atoms with Gasteiger partial charge in [0, 0.05) is 25.7 Å². The molecule has 2 rings (SSSR count). The number of aliphatic imine (C=N–C) groups is 1. The second-order valence-electron chi connectivity index (χ2n) is 6.97. The molecule has 30 heavy (non-hydrogen) atoms. The lowest BCUT2D eigenvalue weighted by molar-refractivity contribution is -0.114. The first kappa shape index (κ1) is 25.7. The fourth-order valence-electron chi connectivity index (χ4n) is 2.97. The van der Waals surface area contributed by atoms with Gasteiger partial charge in [0.05, 0.1) is 13.7 Å². The maximum atomic E-state index is 11.2. The molecular weight excluding hydrogens is 491 g/mol. The van der Waals surface area contributed by atoms with Crippen molar-refractivity contribution in [2.45, 2.75) is 39.7 Å². The van der Waals surface area contributed by atoms with Crippen LogP contribution in [0.3, 0.4) is 0 Å². The number of hydrogen-bond donors (Lipinski definition) is 3. The van der Waals surface area contributed by atoms with Crippen molar-refractivity contribution in [2.24, 2.45) is 4.99 Å². The Hall–Kier alpha value is -2.29. The van der Waals surface area contributed by atoms with Crippen LogP contribution >= 0.6 is 24.0 Å². The zero-order chi connectivity index (χ0) is 21.1. The van der Waals surface area contributed by atoms with E-state index in [1.165, 1.54) is 12.5 Å². The Labute approximate surface area is 196 Å². The molecule has 1 unspecified atom stereocenters. The van der Waals surface area contributed by atoms with Gasteiger partial charge < -0.3 is 20.7 Å². The molecule has 2 aromatic rings. The number of methoxy groups -OCH3 is 1. The normalized spacial score (nSPS) is 11.8. The number of halogens is 1. The quantitative estimate of drug-likeness (QED) is 0.256. The summed E-state index contributed by atoms with van der Waals surface area (Å²) in [7, 11) is 1.68. The first-order valence-electron chi connectivity index (χ1n) is 10.0. The highest BCUT2D eigenvalue weighted by molar-refractivity contribution is 14.0. The number of carbonyl (C=O) groups is 1. The highest BCUT2D eigenvalue weighted by Gasteiger charge is 2.06. The van der Waals surface area contributed by atoms with E-state index in [1.54, 1.807) is 7.11 Å². The summed E-state index contributed by atoms with van der Waals surface area (Å²) in [6.45, 7) is 7.94. The number of amides is 1. The fraction of sp³-hybridized carbons (Fsp3) is 0.391. The van der Waals surface area contributed by atoms with Gasteiger partial charge in [0.15, 0.2) is 5.96 Å². The average molecular weight is 524 g/mol. The Morgan fingerprint density at radius 1 is 1.13 bits per heavy atom. The van der Waals surface area contributed by atoms with Crippen LogP contribution in [0.25, 0.3) is 0 Å². The summed E-state index contributed by atoms with van der Waals surface area (Å²) in [6.07, 6.45) is 0.995. The van der Waals surface area contributed by atoms with E-state index in [2.05, 4.69) is 46.9 Å². The molecule has 0 saturated heterocycles. The molecule has 0 aromatic heterocycles. The van der Waals surface area contributed by atoms with E-state index in [9.17, 15) is 4.79 Å². The summed E-state index contributed by atoms with van der Waals surface area (Å²) in [5.74, 6) is 2.03. The minimum absolute atomic E-state index is 0. The first-order chi connectivity index (χ1) is 14.0. The van der Waals surface area contributed by atoms with Gasteiger partial charge in [-0.15, -0.1) is 24.0 Å². The Balaban J connectivity index is 0.00000450. The Bertz CT molecular complexity index is 809. The van der Waals surface area contributed by atoms with Crippen LogP contribution in [-0.2, 0) is 11.3 Å². The highest BCUT2D eigenvalue weighted by Crippen LogP contribution is 2.21. The molecule has 0 bridgehead atoms. The molecule has 7 heteroatoms. The molecule has 0 spiro atoms. The summed E-state index contributed by atoms with van der Waals surface area (Å²) in [6, 6.07) is 16.0. The van der Waals surface area contributed by atoms with Crippen molar-refractivity contribution in [3.63, 3.8) is 0 Å². The van der Waals surface area contributed by atoms with Gasteiger partial charge in [-0.25, -0.2) is 4.99 Å². The molecule has 0 radical (unpaired) electrons. The highest BCUT2D eigenvalue weighted by atomic mass is 127. The third kappa shape index (κ3) is 9.02. The minimum Gasteiger partial charge on any atom is -0.497 e. The monoisotopic (exact) mass is 524 g/mol. The molecule has 0 aliphatic heterocycles. The van der Waals surface area contributed by atoms with Crippen LogP contribution in [0.4, 0.5) is 5.69 Å². The summed E-state index contributed by atoms with van der Waals surface area (Å²) in [5.41, 5.74) is 3.13. The van der Waals surface area contributed by atoms with Gasteiger partial charge >= 0.3 is 0 Å². The van der Waals surface area contributed by atoms with Gasteiger partial charge in [-0.3, -0.25) is 4.79 Å².